The van der Waals surface area contributed by atoms with Crippen LogP contribution in [0.2, 0.25) is 0 Å². The highest BCUT2D eigenvalue weighted by atomic mass is 79.9. The predicted molar refractivity (Wildman–Crippen MR) is 83.1 cm³/mol. The second-order valence-electron chi connectivity index (χ2n) is 3.85. The van der Waals surface area contributed by atoms with Crippen LogP contribution in [0.25, 0.3) is 0 Å². The maximum Gasteiger partial charge on any atom is 0.343 e. The Morgan fingerprint density at radius 1 is 1.36 bits per heavy atom. The van der Waals surface area contributed by atoms with Gasteiger partial charge in [0.1, 0.15) is 0 Å². The van der Waals surface area contributed by atoms with Crippen LogP contribution < -0.4 is 20.6 Å². The highest BCUT2D eigenvalue weighted by Gasteiger charge is 2.12. The lowest BCUT2D eigenvalue weighted by atomic mass is 10.2. The van der Waals surface area contributed by atoms with Crippen LogP contribution in [0.15, 0.2) is 21.7 Å². The van der Waals surface area contributed by atoms with Crippen molar-refractivity contribution in [3.63, 3.8) is 0 Å². The largest absolute Gasteiger partial charge is 0.490 e. The molecule has 3 N–H and O–H groups in total. The smallest absolute Gasteiger partial charge is 0.343 e. The molecular formula is C13H16BrN3O5. The standard InChI is InChI=1S/C13H16BrN3O5/c1-3-21-10-4-8(6-16-17-13(15)19)9(14)5-11(10)22-7-12(18)20-2/h4-6H,3,7H2,1-2H3,(H3,15,17,19). The van der Waals surface area contributed by atoms with E-state index < -0.39 is 12.0 Å². The number of primary amides is 1. The van der Waals surface area contributed by atoms with Gasteiger partial charge in [0.25, 0.3) is 0 Å². The number of hydrazone groups is 1. The molecule has 1 aromatic rings. The summed E-state index contributed by atoms with van der Waals surface area (Å²) < 4.78 is 16.0. The molecule has 0 fully saturated rings. The minimum Gasteiger partial charge on any atom is -0.490 e. The molecule has 0 aliphatic rings. The van der Waals surface area contributed by atoms with Gasteiger partial charge in [-0.15, -0.1) is 0 Å². The van der Waals surface area contributed by atoms with E-state index in [9.17, 15) is 9.59 Å². The van der Waals surface area contributed by atoms with Crippen molar-refractivity contribution in [2.45, 2.75) is 6.92 Å². The zero-order valence-electron chi connectivity index (χ0n) is 12.1. The average molecular weight is 374 g/mol. The summed E-state index contributed by atoms with van der Waals surface area (Å²) in [6, 6.07) is 2.50. The lowest BCUT2D eigenvalue weighted by molar-refractivity contribution is -0.142. The predicted octanol–water partition coefficient (Wildman–Crippen LogP) is 1.40. The van der Waals surface area contributed by atoms with Gasteiger partial charge in [0.15, 0.2) is 18.1 Å². The van der Waals surface area contributed by atoms with Gasteiger partial charge in [-0.1, -0.05) is 0 Å². The number of hydrogen-bond donors (Lipinski definition) is 2. The monoisotopic (exact) mass is 373 g/mol. The van der Waals surface area contributed by atoms with E-state index in [1.807, 2.05) is 6.92 Å². The van der Waals surface area contributed by atoms with Gasteiger partial charge < -0.3 is 19.9 Å². The molecule has 9 heteroatoms. The first kappa shape index (κ1) is 17.8. The van der Waals surface area contributed by atoms with Gasteiger partial charge in [-0.2, -0.15) is 5.10 Å². The fourth-order valence-electron chi connectivity index (χ4n) is 1.39. The molecule has 0 saturated heterocycles. The van der Waals surface area contributed by atoms with Crippen molar-refractivity contribution in [3.05, 3.63) is 22.2 Å². The molecule has 0 unspecified atom stereocenters. The molecule has 0 aromatic heterocycles. The second kappa shape index (κ2) is 8.88. The minimum absolute atomic E-state index is 0.236. The van der Waals surface area contributed by atoms with E-state index in [-0.39, 0.29) is 6.61 Å². The Balaban J connectivity index is 2.98. The van der Waals surface area contributed by atoms with E-state index in [0.717, 1.165) is 0 Å². The molecule has 22 heavy (non-hydrogen) atoms. The van der Waals surface area contributed by atoms with Gasteiger partial charge in [-0.05, 0) is 35.0 Å². The molecule has 0 saturated carbocycles. The Kier molecular flexibility index (Phi) is 7.17. The summed E-state index contributed by atoms with van der Waals surface area (Å²) in [4.78, 5) is 21.7. The number of nitrogens with zero attached hydrogens (tertiary/aromatic N) is 1. The third-order valence-electron chi connectivity index (χ3n) is 2.31. The molecule has 0 radical (unpaired) electrons. The van der Waals surface area contributed by atoms with Gasteiger partial charge in [-0.25, -0.2) is 15.0 Å². The number of rotatable bonds is 7. The van der Waals surface area contributed by atoms with Gasteiger partial charge in [-0.3, -0.25) is 0 Å². The van der Waals surface area contributed by atoms with Crippen LogP contribution >= 0.6 is 15.9 Å². The minimum atomic E-state index is -0.768. The average Bonchev–Trinajstić information content (AvgIpc) is 2.48. The summed E-state index contributed by atoms with van der Waals surface area (Å²) in [5.74, 6) is 0.295. The van der Waals surface area contributed by atoms with Crippen LogP contribution in [-0.2, 0) is 9.53 Å². The highest BCUT2D eigenvalue weighted by Crippen LogP contribution is 2.33. The third kappa shape index (κ3) is 5.60. The van der Waals surface area contributed by atoms with Crippen LogP contribution in [0.5, 0.6) is 11.5 Å². The van der Waals surface area contributed by atoms with Crippen LogP contribution in [0.1, 0.15) is 12.5 Å². The molecule has 0 bridgehead atoms. The van der Waals surface area contributed by atoms with Crippen LogP contribution in [-0.4, -0.2) is 38.5 Å². The summed E-state index contributed by atoms with van der Waals surface area (Å²) in [7, 11) is 1.27. The summed E-state index contributed by atoms with van der Waals surface area (Å²) in [5, 5.41) is 3.67. The molecule has 0 spiro atoms. The Morgan fingerprint density at radius 2 is 2.05 bits per heavy atom. The maximum absolute atomic E-state index is 11.1. The molecule has 0 heterocycles. The Bertz CT molecular complexity index is 577. The molecule has 0 aliphatic heterocycles. The van der Waals surface area contributed by atoms with Gasteiger partial charge in [0.05, 0.1) is 19.9 Å². The van der Waals surface area contributed by atoms with Gasteiger partial charge in [0.2, 0.25) is 0 Å². The van der Waals surface area contributed by atoms with Crippen molar-refractivity contribution in [1.29, 1.82) is 0 Å². The zero-order valence-corrected chi connectivity index (χ0v) is 13.7. The molecule has 120 valence electrons. The number of urea groups is 1. The van der Waals surface area contributed by atoms with E-state index in [1.165, 1.54) is 13.3 Å². The zero-order chi connectivity index (χ0) is 16.5. The van der Waals surface area contributed by atoms with Crippen molar-refractivity contribution in [1.82, 2.24) is 5.43 Å². The SMILES string of the molecule is CCOc1cc(C=NNC(N)=O)c(Br)cc1OCC(=O)OC. The number of carbonyl (C=O) groups excluding carboxylic acids is 2. The number of methoxy groups -OCH3 is 1. The van der Waals surface area contributed by atoms with Crippen LogP contribution in [0.4, 0.5) is 4.79 Å². The quantitative estimate of drug-likeness (QED) is 0.426. The normalized spacial score (nSPS) is 10.3. The Morgan fingerprint density at radius 3 is 2.64 bits per heavy atom. The third-order valence-corrected chi connectivity index (χ3v) is 3.00. The van der Waals surface area contributed by atoms with Crippen LogP contribution in [0, 0.1) is 0 Å². The summed E-state index contributed by atoms with van der Waals surface area (Å²) >= 11 is 3.34. The number of carbonyl (C=O) groups is 2. The number of ether oxygens (including phenoxy) is 3. The van der Waals surface area contributed by atoms with Gasteiger partial charge >= 0.3 is 12.0 Å². The molecular weight excluding hydrogens is 358 g/mol. The molecule has 0 atom stereocenters. The van der Waals surface area contributed by atoms with Crippen molar-refractivity contribution < 1.29 is 23.8 Å². The molecule has 1 rings (SSSR count). The first-order valence-electron chi connectivity index (χ1n) is 6.22. The molecule has 2 amide bonds. The number of halogens is 1. The number of benzene rings is 1. The Hall–Kier alpha value is -2.29. The fourth-order valence-corrected chi connectivity index (χ4v) is 1.82. The van der Waals surface area contributed by atoms with E-state index >= 15 is 0 Å². The second-order valence-corrected chi connectivity index (χ2v) is 4.71. The van der Waals surface area contributed by atoms with E-state index in [0.29, 0.717) is 28.1 Å². The Labute approximate surface area is 135 Å². The van der Waals surface area contributed by atoms with E-state index in [4.69, 9.17) is 15.2 Å². The summed E-state index contributed by atoms with van der Waals surface area (Å²) in [6.45, 7) is 1.99. The number of amides is 2. The summed E-state index contributed by atoms with van der Waals surface area (Å²) in [5.41, 5.74) is 7.63. The maximum atomic E-state index is 11.1. The first-order valence-corrected chi connectivity index (χ1v) is 7.01. The summed E-state index contributed by atoms with van der Waals surface area (Å²) in [6.07, 6.45) is 1.39. The molecule has 0 aliphatic carbocycles. The van der Waals surface area contributed by atoms with E-state index in [2.05, 4.69) is 31.2 Å². The topological polar surface area (TPSA) is 112 Å². The van der Waals surface area contributed by atoms with Crippen LogP contribution in [0.3, 0.4) is 0 Å². The number of hydrogen-bond acceptors (Lipinski definition) is 6. The highest BCUT2D eigenvalue weighted by molar-refractivity contribution is 9.10. The van der Waals surface area contributed by atoms with Crippen molar-refractivity contribution in [2.75, 3.05) is 20.3 Å². The lowest BCUT2D eigenvalue weighted by Crippen LogP contribution is -2.24. The molecule has 8 nitrogen and oxygen atoms in total. The fraction of sp³-hybridized carbons (Fsp3) is 0.308. The molecule has 1 aromatic carbocycles. The number of nitrogens with two attached hydrogens (primary N) is 1. The van der Waals surface area contributed by atoms with Gasteiger partial charge in [0, 0.05) is 10.0 Å². The van der Waals surface area contributed by atoms with E-state index in [1.54, 1.807) is 12.1 Å². The van der Waals surface area contributed by atoms with Crippen molar-refractivity contribution in [3.8, 4) is 11.5 Å². The van der Waals surface area contributed by atoms with Crippen molar-refractivity contribution >= 4 is 34.1 Å². The number of esters is 1. The van der Waals surface area contributed by atoms with Crippen molar-refractivity contribution in [2.24, 2.45) is 10.8 Å². The first-order chi connectivity index (χ1) is 10.5. The lowest BCUT2D eigenvalue weighted by Gasteiger charge is -2.13. The number of nitrogens with one attached hydrogen (secondary N) is 1.